The highest BCUT2D eigenvalue weighted by molar-refractivity contribution is 7.17. The highest BCUT2D eigenvalue weighted by Gasteiger charge is 2.13. The molecule has 0 unspecified atom stereocenters. The van der Waals surface area contributed by atoms with Gasteiger partial charge < -0.3 is 10.6 Å². The standard InChI is InChI=1S/C11H13N5OS/c1-3-13-11-16-15-10(18-11)9(17)14-8-6-12-5-4-7(8)2/h4-6H,3H2,1-2H3,(H,13,16)(H,14,17). The molecule has 1 amide bonds. The summed E-state index contributed by atoms with van der Waals surface area (Å²) < 4.78 is 0. The second-order valence-electron chi connectivity index (χ2n) is 3.59. The van der Waals surface area contributed by atoms with Gasteiger partial charge in [-0.05, 0) is 25.5 Å². The van der Waals surface area contributed by atoms with Gasteiger partial charge in [0.05, 0.1) is 11.9 Å². The highest BCUT2D eigenvalue weighted by atomic mass is 32.1. The van der Waals surface area contributed by atoms with Crippen LogP contribution >= 0.6 is 11.3 Å². The van der Waals surface area contributed by atoms with E-state index in [4.69, 9.17) is 0 Å². The first-order valence-electron chi connectivity index (χ1n) is 5.50. The largest absolute Gasteiger partial charge is 0.360 e. The van der Waals surface area contributed by atoms with Gasteiger partial charge in [-0.15, -0.1) is 10.2 Å². The maximum atomic E-state index is 11.9. The van der Waals surface area contributed by atoms with Gasteiger partial charge in [0, 0.05) is 12.7 Å². The van der Waals surface area contributed by atoms with Crippen LogP contribution in [0.5, 0.6) is 0 Å². The van der Waals surface area contributed by atoms with Crippen LogP contribution in [-0.2, 0) is 0 Å². The number of nitrogens with zero attached hydrogens (tertiary/aromatic N) is 3. The normalized spacial score (nSPS) is 10.1. The van der Waals surface area contributed by atoms with Gasteiger partial charge in [0.1, 0.15) is 0 Å². The van der Waals surface area contributed by atoms with Gasteiger partial charge >= 0.3 is 0 Å². The Bertz CT molecular complexity index is 554. The number of nitrogens with one attached hydrogen (secondary N) is 2. The van der Waals surface area contributed by atoms with Crippen molar-refractivity contribution in [2.45, 2.75) is 13.8 Å². The van der Waals surface area contributed by atoms with E-state index in [9.17, 15) is 4.79 Å². The molecule has 2 heterocycles. The average Bonchev–Trinajstić information content (AvgIpc) is 2.81. The Morgan fingerprint density at radius 2 is 2.28 bits per heavy atom. The number of anilines is 2. The number of aromatic nitrogens is 3. The molecule has 2 N–H and O–H groups in total. The smallest absolute Gasteiger partial charge is 0.286 e. The number of hydrogen-bond acceptors (Lipinski definition) is 6. The summed E-state index contributed by atoms with van der Waals surface area (Å²) >= 11 is 1.22. The van der Waals surface area contributed by atoms with Crippen molar-refractivity contribution in [2.24, 2.45) is 0 Å². The maximum Gasteiger partial charge on any atom is 0.286 e. The SMILES string of the molecule is CCNc1nnc(C(=O)Nc2cnccc2C)s1. The Hall–Kier alpha value is -2.02. The average molecular weight is 263 g/mol. The molecule has 0 saturated carbocycles. The molecule has 18 heavy (non-hydrogen) atoms. The quantitative estimate of drug-likeness (QED) is 0.881. The molecule has 0 radical (unpaired) electrons. The van der Waals surface area contributed by atoms with Crippen LogP contribution < -0.4 is 10.6 Å². The number of carbonyl (C=O) groups excluding carboxylic acids is 1. The van der Waals surface area contributed by atoms with Gasteiger partial charge in [-0.25, -0.2) is 0 Å². The number of pyridine rings is 1. The Labute approximate surface area is 108 Å². The van der Waals surface area contributed by atoms with Crippen molar-refractivity contribution in [3.05, 3.63) is 29.0 Å². The fourth-order valence-corrected chi connectivity index (χ4v) is 2.01. The molecule has 94 valence electrons. The van der Waals surface area contributed by atoms with E-state index in [2.05, 4.69) is 25.8 Å². The molecule has 2 aromatic heterocycles. The molecule has 0 aromatic carbocycles. The van der Waals surface area contributed by atoms with Crippen molar-refractivity contribution in [1.29, 1.82) is 0 Å². The number of hydrogen-bond donors (Lipinski definition) is 2. The first kappa shape index (κ1) is 12.4. The van der Waals surface area contributed by atoms with Gasteiger partial charge in [0.2, 0.25) is 10.1 Å². The zero-order valence-electron chi connectivity index (χ0n) is 10.1. The summed E-state index contributed by atoms with van der Waals surface area (Å²) in [6.07, 6.45) is 3.29. The molecule has 7 heteroatoms. The van der Waals surface area contributed by atoms with Gasteiger partial charge in [0.15, 0.2) is 0 Å². The lowest BCUT2D eigenvalue weighted by Crippen LogP contribution is -2.12. The van der Waals surface area contributed by atoms with E-state index in [1.54, 1.807) is 12.4 Å². The topological polar surface area (TPSA) is 79.8 Å². The summed E-state index contributed by atoms with van der Waals surface area (Å²) in [6.45, 7) is 4.61. The first-order chi connectivity index (χ1) is 8.70. The molecule has 0 bridgehead atoms. The number of rotatable bonds is 4. The Balaban J connectivity index is 2.10. The molecule has 0 fully saturated rings. The lowest BCUT2D eigenvalue weighted by Gasteiger charge is -2.04. The molecule has 2 aromatic rings. The highest BCUT2D eigenvalue weighted by Crippen LogP contribution is 2.17. The van der Waals surface area contributed by atoms with Crippen LogP contribution in [0.1, 0.15) is 22.3 Å². The van der Waals surface area contributed by atoms with Crippen LogP contribution in [0.25, 0.3) is 0 Å². The summed E-state index contributed by atoms with van der Waals surface area (Å²) in [4.78, 5) is 15.9. The van der Waals surface area contributed by atoms with E-state index < -0.39 is 0 Å². The molecule has 0 aliphatic rings. The van der Waals surface area contributed by atoms with Crippen molar-refractivity contribution in [1.82, 2.24) is 15.2 Å². The lowest BCUT2D eigenvalue weighted by atomic mass is 10.2. The number of carbonyl (C=O) groups is 1. The van der Waals surface area contributed by atoms with Gasteiger partial charge in [-0.1, -0.05) is 11.3 Å². The predicted molar refractivity (Wildman–Crippen MR) is 71.0 cm³/mol. The molecule has 0 aliphatic carbocycles. The minimum Gasteiger partial charge on any atom is -0.360 e. The monoisotopic (exact) mass is 263 g/mol. The third-order valence-electron chi connectivity index (χ3n) is 2.23. The molecule has 0 aliphatic heterocycles. The molecule has 0 saturated heterocycles. The van der Waals surface area contributed by atoms with Crippen LogP contribution in [-0.4, -0.2) is 27.6 Å². The van der Waals surface area contributed by atoms with E-state index in [1.807, 2.05) is 19.9 Å². The molecular weight excluding hydrogens is 250 g/mol. The van der Waals surface area contributed by atoms with Crippen LogP contribution in [0.2, 0.25) is 0 Å². The Morgan fingerprint density at radius 1 is 1.44 bits per heavy atom. The van der Waals surface area contributed by atoms with E-state index in [0.29, 0.717) is 15.8 Å². The maximum absolute atomic E-state index is 11.9. The van der Waals surface area contributed by atoms with E-state index >= 15 is 0 Å². The second kappa shape index (κ2) is 5.54. The summed E-state index contributed by atoms with van der Waals surface area (Å²) in [6, 6.07) is 1.83. The molecule has 6 nitrogen and oxygen atoms in total. The minimum absolute atomic E-state index is 0.271. The van der Waals surface area contributed by atoms with Crippen molar-refractivity contribution in [2.75, 3.05) is 17.2 Å². The molecule has 0 spiro atoms. The molecule has 0 atom stereocenters. The number of aryl methyl sites for hydroxylation is 1. The molecular formula is C11H13N5OS. The minimum atomic E-state index is -0.271. The fourth-order valence-electron chi connectivity index (χ4n) is 1.31. The van der Waals surface area contributed by atoms with Crippen LogP contribution in [0.15, 0.2) is 18.5 Å². The summed E-state index contributed by atoms with van der Waals surface area (Å²) in [5, 5.41) is 14.4. The summed E-state index contributed by atoms with van der Waals surface area (Å²) in [5.41, 5.74) is 1.64. The van der Waals surface area contributed by atoms with Crippen molar-refractivity contribution < 1.29 is 4.79 Å². The van der Waals surface area contributed by atoms with Gasteiger partial charge in [-0.2, -0.15) is 0 Å². The van der Waals surface area contributed by atoms with Crippen LogP contribution in [0.3, 0.4) is 0 Å². The zero-order valence-corrected chi connectivity index (χ0v) is 10.9. The number of amides is 1. The van der Waals surface area contributed by atoms with E-state index in [0.717, 1.165) is 12.1 Å². The third kappa shape index (κ3) is 2.80. The van der Waals surface area contributed by atoms with Crippen molar-refractivity contribution in [3.8, 4) is 0 Å². The van der Waals surface area contributed by atoms with E-state index in [-0.39, 0.29) is 5.91 Å². The van der Waals surface area contributed by atoms with E-state index in [1.165, 1.54) is 11.3 Å². The Kier molecular flexibility index (Phi) is 3.83. The first-order valence-corrected chi connectivity index (χ1v) is 6.31. The van der Waals surface area contributed by atoms with Crippen molar-refractivity contribution in [3.63, 3.8) is 0 Å². The third-order valence-corrected chi connectivity index (χ3v) is 3.11. The van der Waals surface area contributed by atoms with Crippen molar-refractivity contribution >= 4 is 28.1 Å². The summed E-state index contributed by atoms with van der Waals surface area (Å²) in [7, 11) is 0. The second-order valence-corrected chi connectivity index (χ2v) is 4.56. The van der Waals surface area contributed by atoms with Gasteiger partial charge in [-0.3, -0.25) is 9.78 Å². The Morgan fingerprint density at radius 3 is 3.00 bits per heavy atom. The predicted octanol–water partition coefficient (Wildman–Crippen LogP) is 1.93. The van der Waals surface area contributed by atoms with Crippen LogP contribution in [0, 0.1) is 6.92 Å². The zero-order chi connectivity index (χ0) is 13.0. The fraction of sp³-hybridized carbons (Fsp3) is 0.273. The van der Waals surface area contributed by atoms with Crippen LogP contribution in [0.4, 0.5) is 10.8 Å². The lowest BCUT2D eigenvalue weighted by molar-refractivity contribution is 0.102. The van der Waals surface area contributed by atoms with Gasteiger partial charge in [0.25, 0.3) is 5.91 Å². The molecule has 2 rings (SSSR count). The summed E-state index contributed by atoms with van der Waals surface area (Å²) in [5.74, 6) is -0.271.